The van der Waals surface area contributed by atoms with Crippen LogP contribution in [0.2, 0.25) is 0 Å². The number of carbonyl (C=O) groups excluding carboxylic acids is 1. The van der Waals surface area contributed by atoms with Crippen molar-refractivity contribution in [3.05, 3.63) is 45.7 Å². The zero-order valence-electron chi connectivity index (χ0n) is 12.3. The van der Waals surface area contributed by atoms with E-state index in [0.717, 1.165) is 0 Å². The van der Waals surface area contributed by atoms with Crippen LogP contribution >= 0.6 is 0 Å². The number of carbonyl (C=O) groups is 1. The molecular weight excluding hydrogens is 268 g/mol. The summed E-state index contributed by atoms with van der Waals surface area (Å²) in [7, 11) is 1.77. The van der Waals surface area contributed by atoms with Crippen molar-refractivity contribution >= 4 is 16.8 Å². The van der Waals surface area contributed by atoms with Gasteiger partial charge in [0.2, 0.25) is 5.43 Å². The quantitative estimate of drug-likeness (QED) is 0.878. The van der Waals surface area contributed by atoms with Crippen LogP contribution in [0.4, 0.5) is 0 Å². The number of aromatic nitrogens is 1. The van der Waals surface area contributed by atoms with E-state index in [1.165, 1.54) is 0 Å². The first-order valence-electron chi connectivity index (χ1n) is 7.09. The van der Waals surface area contributed by atoms with Crippen molar-refractivity contribution in [3.63, 3.8) is 0 Å². The van der Waals surface area contributed by atoms with Gasteiger partial charge in [-0.15, -0.1) is 0 Å². The smallest absolute Gasteiger partial charge is 0.259 e. The molecule has 5 heteroatoms. The minimum Gasteiger partial charge on any atom is -0.365 e. The molecule has 1 amide bonds. The molecule has 1 aliphatic heterocycles. The number of hydrogen-bond acceptors (Lipinski definition) is 3. The predicted molar refractivity (Wildman–Crippen MR) is 80.0 cm³/mol. The molecule has 0 saturated carbocycles. The summed E-state index contributed by atoms with van der Waals surface area (Å²) in [5.74, 6) is -0.700. The molecule has 0 spiro atoms. The fourth-order valence-corrected chi connectivity index (χ4v) is 3.09. The van der Waals surface area contributed by atoms with Crippen LogP contribution in [-0.2, 0) is 12.8 Å². The molecule has 2 heterocycles. The Morgan fingerprint density at radius 1 is 1.33 bits per heavy atom. The van der Waals surface area contributed by atoms with Gasteiger partial charge in [0.05, 0.1) is 11.2 Å². The Morgan fingerprint density at radius 2 is 2.00 bits per heavy atom. The van der Waals surface area contributed by atoms with Crippen molar-refractivity contribution in [3.8, 4) is 0 Å². The SMILES string of the molecule is CC[C@H](C)[C@@]1(O)NC(=O)c2c1n(C)c1ccccc1c2=O. The fourth-order valence-electron chi connectivity index (χ4n) is 3.09. The molecule has 1 aromatic heterocycles. The van der Waals surface area contributed by atoms with Gasteiger partial charge in [0.1, 0.15) is 5.56 Å². The van der Waals surface area contributed by atoms with Gasteiger partial charge in [0.25, 0.3) is 5.91 Å². The first-order chi connectivity index (χ1) is 9.91. The Morgan fingerprint density at radius 3 is 2.67 bits per heavy atom. The lowest BCUT2D eigenvalue weighted by Gasteiger charge is -2.31. The number of aryl methyl sites for hydroxylation is 1. The minimum absolute atomic E-state index is 0.0546. The zero-order valence-corrected chi connectivity index (χ0v) is 12.3. The molecule has 0 unspecified atom stereocenters. The van der Waals surface area contributed by atoms with Gasteiger partial charge in [0.15, 0.2) is 5.72 Å². The Balaban J connectivity index is 2.46. The maximum Gasteiger partial charge on any atom is 0.259 e. The normalized spacial score (nSPS) is 22.2. The van der Waals surface area contributed by atoms with Crippen LogP contribution < -0.4 is 10.7 Å². The molecule has 0 aliphatic carbocycles. The standard InChI is InChI=1S/C16H18N2O3/c1-4-9(2)16(21)14-12(15(20)17-16)13(19)10-7-5-6-8-11(10)18(14)3/h5-9,21H,4H2,1-3H3,(H,17,20)/t9-,16-/m0/s1. The summed E-state index contributed by atoms with van der Waals surface area (Å²) >= 11 is 0. The maximum atomic E-state index is 12.6. The van der Waals surface area contributed by atoms with E-state index in [0.29, 0.717) is 23.0 Å². The third kappa shape index (κ3) is 1.67. The lowest BCUT2D eigenvalue weighted by Crippen LogP contribution is -2.45. The van der Waals surface area contributed by atoms with E-state index in [1.807, 2.05) is 26.0 Å². The number of hydrogen-bond donors (Lipinski definition) is 2. The number of fused-ring (bicyclic) bond motifs is 2. The average molecular weight is 286 g/mol. The number of aliphatic hydroxyl groups is 1. The Hall–Kier alpha value is -2.14. The minimum atomic E-state index is -1.50. The van der Waals surface area contributed by atoms with Crippen LogP contribution in [0.3, 0.4) is 0 Å². The van der Waals surface area contributed by atoms with E-state index < -0.39 is 11.6 Å². The number of rotatable bonds is 2. The van der Waals surface area contributed by atoms with E-state index in [1.54, 1.807) is 23.7 Å². The third-order valence-corrected chi connectivity index (χ3v) is 4.53. The van der Waals surface area contributed by atoms with Gasteiger partial charge < -0.3 is 15.0 Å². The third-order valence-electron chi connectivity index (χ3n) is 4.53. The molecule has 3 rings (SSSR count). The highest BCUT2D eigenvalue weighted by molar-refractivity contribution is 6.02. The lowest BCUT2D eigenvalue weighted by molar-refractivity contribution is -0.0414. The number of pyridine rings is 1. The molecule has 2 aromatic rings. The second-order valence-electron chi connectivity index (χ2n) is 5.66. The second-order valence-corrected chi connectivity index (χ2v) is 5.66. The number of nitrogens with zero attached hydrogens (tertiary/aromatic N) is 1. The summed E-state index contributed by atoms with van der Waals surface area (Å²) in [5, 5.41) is 14.0. The van der Waals surface area contributed by atoms with E-state index in [-0.39, 0.29) is 16.9 Å². The number of nitrogens with one attached hydrogen (secondary N) is 1. The van der Waals surface area contributed by atoms with Gasteiger partial charge in [0, 0.05) is 18.4 Å². The van der Waals surface area contributed by atoms with Crippen molar-refractivity contribution in [2.45, 2.75) is 26.0 Å². The molecule has 1 aromatic carbocycles. The van der Waals surface area contributed by atoms with Crippen LogP contribution in [0.15, 0.2) is 29.1 Å². The molecule has 1 aliphatic rings. The average Bonchev–Trinajstić information content (AvgIpc) is 2.76. The van der Waals surface area contributed by atoms with Crippen LogP contribution in [0.5, 0.6) is 0 Å². The van der Waals surface area contributed by atoms with Crippen molar-refractivity contribution < 1.29 is 9.90 Å². The topological polar surface area (TPSA) is 71.3 Å². The van der Waals surface area contributed by atoms with Gasteiger partial charge in [-0.1, -0.05) is 26.0 Å². The largest absolute Gasteiger partial charge is 0.365 e. The first kappa shape index (κ1) is 13.8. The lowest BCUT2D eigenvalue weighted by atomic mass is 9.91. The summed E-state index contributed by atoms with van der Waals surface area (Å²) in [6.07, 6.45) is 0.678. The van der Waals surface area contributed by atoms with Gasteiger partial charge in [-0.2, -0.15) is 0 Å². The Labute approximate surface area is 122 Å². The van der Waals surface area contributed by atoms with Gasteiger partial charge in [-0.25, -0.2) is 0 Å². The van der Waals surface area contributed by atoms with Crippen molar-refractivity contribution in [1.29, 1.82) is 0 Å². The molecule has 0 saturated heterocycles. The van der Waals surface area contributed by atoms with Crippen molar-refractivity contribution in [1.82, 2.24) is 9.88 Å². The number of para-hydroxylation sites is 1. The van der Waals surface area contributed by atoms with Crippen LogP contribution in [0.25, 0.3) is 10.9 Å². The zero-order chi connectivity index (χ0) is 15.4. The molecule has 0 fully saturated rings. The van der Waals surface area contributed by atoms with E-state index in [9.17, 15) is 14.7 Å². The highest BCUT2D eigenvalue weighted by atomic mass is 16.3. The summed E-state index contributed by atoms with van der Waals surface area (Å²) in [5.41, 5.74) is -0.696. The van der Waals surface area contributed by atoms with E-state index in [2.05, 4.69) is 5.32 Å². The Bertz CT molecular complexity index is 809. The highest BCUT2D eigenvalue weighted by Crippen LogP contribution is 2.36. The summed E-state index contributed by atoms with van der Waals surface area (Å²) in [4.78, 5) is 24.8. The molecule has 110 valence electrons. The number of amides is 1. The maximum absolute atomic E-state index is 12.6. The Kier molecular flexibility index (Phi) is 2.92. The van der Waals surface area contributed by atoms with Crippen molar-refractivity contribution in [2.24, 2.45) is 13.0 Å². The van der Waals surface area contributed by atoms with E-state index in [4.69, 9.17) is 0 Å². The van der Waals surface area contributed by atoms with Crippen molar-refractivity contribution in [2.75, 3.05) is 0 Å². The van der Waals surface area contributed by atoms with Gasteiger partial charge >= 0.3 is 0 Å². The first-order valence-corrected chi connectivity index (χ1v) is 7.09. The molecule has 21 heavy (non-hydrogen) atoms. The summed E-state index contributed by atoms with van der Waals surface area (Å²) in [6, 6.07) is 7.12. The molecule has 2 atom stereocenters. The molecule has 5 nitrogen and oxygen atoms in total. The highest BCUT2D eigenvalue weighted by Gasteiger charge is 2.48. The van der Waals surface area contributed by atoms with E-state index >= 15 is 0 Å². The molecule has 2 N–H and O–H groups in total. The monoisotopic (exact) mass is 286 g/mol. The molecule has 0 bridgehead atoms. The van der Waals surface area contributed by atoms with Crippen LogP contribution in [-0.4, -0.2) is 15.6 Å². The van der Waals surface area contributed by atoms with Crippen LogP contribution in [0.1, 0.15) is 36.3 Å². The fraction of sp³-hybridized carbons (Fsp3) is 0.375. The summed E-state index contributed by atoms with van der Waals surface area (Å²) in [6.45, 7) is 3.79. The van der Waals surface area contributed by atoms with Gasteiger partial charge in [-0.3, -0.25) is 9.59 Å². The van der Waals surface area contributed by atoms with Gasteiger partial charge in [-0.05, 0) is 18.6 Å². The molecular formula is C16H18N2O3. The predicted octanol–water partition coefficient (Wildman–Crippen LogP) is 1.47. The van der Waals surface area contributed by atoms with Crippen LogP contribution in [0, 0.1) is 5.92 Å². The summed E-state index contributed by atoms with van der Waals surface area (Å²) < 4.78 is 1.75. The number of benzene rings is 1. The second kappa shape index (κ2) is 4.43. The molecule has 0 radical (unpaired) electrons.